The molecule has 7 heteroatoms. The first-order chi connectivity index (χ1) is 11.2. The predicted molar refractivity (Wildman–Crippen MR) is 85.4 cm³/mol. The molecule has 1 fully saturated rings. The molecule has 0 aromatic carbocycles. The molecule has 7 nitrogen and oxygen atoms in total. The Balaban J connectivity index is 1.40. The number of nitrogens with one attached hydrogen (secondary N) is 1. The van der Waals surface area contributed by atoms with Gasteiger partial charge in [-0.3, -0.25) is 4.79 Å². The van der Waals surface area contributed by atoms with Crippen molar-refractivity contribution in [3.05, 3.63) is 35.5 Å². The summed E-state index contributed by atoms with van der Waals surface area (Å²) >= 11 is 0. The second-order valence-electron chi connectivity index (χ2n) is 6.32. The molecule has 2 aliphatic rings. The number of hydrogen-bond donors (Lipinski definition) is 1. The summed E-state index contributed by atoms with van der Waals surface area (Å²) in [6.07, 6.45) is 7.69. The second kappa shape index (κ2) is 5.64. The molecular formula is C16H20N6O. The van der Waals surface area contributed by atoms with Crippen LogP contribution in [0.25, 0.3) is 0 Å². The van der Waals surface area contributed by atoms with Crippen LogP contribution in [0.1, 0.15) is 34.6 Å². The van der Waals surface area contributed by atoms with Crippen molar-refractivity contribution >= 4 is 11.7 Å². The van der Waals surface area contributed by atoms with Crippen molar-refractivity contribution in [2.45, 2.75) is 31.7 Å². The second-order valence-corrected chi connectivity index (χ2v) is 6.32. The van der Waals surface area contributed by atoms with E-state index in [1.54, 1.807) is 11.1 Å². The highest BCUT2D eigenvalue weighted by Crippen LogP contribution is 2.26. The summed E-state index contributed by atoms with van der Waals surface area (Å²) in [7, 11) is 1.84. The number of hydrogen-bond acceptors (Lipinski definition) is 5. The third-order valence-corrected chi connectivity index (χ3v) is 4.84. The van der Waals surface area contributed by atoms with E-state index in [-0.39, 0.29) is 11.9 Å². The first-order valence-corrected chi connectivity index (χ1v) is 8.08. The van der Waals surface area contributed by atoms with E-state index in [1.165, 1.54) is 24.7 Å². The van der Waals surface area contributed by atoms with E-state index < -0.39 is 0 Å². The molecule has 1 amide bonds. The van der Waals surface area contributed by atoms with Crippen molar-refractivity contribution in [3.8, 4) is 0 Å². The average molecular weight is 312 g/mol. The van der Waals surface area contributed by atoms with Gasteiger partial charge in [0.05, 0.1) is 24.3 Å². The largest absolute Gasteiger partial charge is 0.351 e. The number of rotatable bonds is 3. The maximum Gasteiger partial charge on any atom is 0.272 e. The molecule has 23 heavy (non-hydrogen) atoms. The Morgan fingerprint density at radius 1 is 1.30 bits per heavy atom. The van der Waals surface area contributed by atoms with Crippen molar-refractivity contribution in [3.63, 3.8) is 0 Å². The Morgan fingerprint density at radius 2 is 2.13 bits per heavy atom. The molecule has 2 aromatic rings. The lowest BCUT2D eigenvalue weighted by molar-refractivity contribution is 0.0699. The highest BCUT2D eigenvalue weighted by molar-refractivity contribution is 5.92. The Labute approximate surface area is 134 Å². The van der Waals surface area contributed by atoms with Crippen molar-refractivity contribution in [2.24, 2.45) is 0 Å². The normalized spacial score (nSPS) is 17.5. The van der Waals surface area contributed by atoms with Crippen LogP contribution >= 0.6 is 0 Å². The van der Waals surface area contributed by atoms with Gasteiger partial charge in [-0.15, -0.1) is 5.10 Å². The number of H-pyrrole nitrogens is 1. The summed E-state index contributed by atoms with van der Waals surface area (Å²) < 4.78 is 0. The highest BCUT2D eigenvalue weighted by Gasteiger charge is 2.34. The Kier molecular flexibility index (Phi) is 3.48. The van der Waals surface area contributed by atoms with E-state index in [1.807, 2.05) is 7.05 Å². The number of aromatic amines is 1. The van der Waals surface area contributed by atoms with Crippen molar-refractivity contribution in [1.82, 2.24) is 25.1 Å². The Morgan fingerprint density at radius 3 is 2.91 bits per heavy atom. The minimum absolute atomic E-state index is 0.0244. The monoisotopic (exact) mass is 312 g/mol. The van der Waals surface area contributed by atoms with Gasteiger partial charge >= 0.3 is 0 Å². The minimum Gasteiger partial charge on any atom is -0.351 e. The van der Waals surface area contributed by atoms with Gasteiger partial charge in [0.15, 0.2) is 5.82 Å². The van der Waals surface area contributed by atoms with Crippen molar-refractivity contribution in [1.29, 1.82) is 0 Å². The number of aryl methyl sites for hydroxylation is 2. The van der Waals surface area contributed by atoms with Gasteiger partial charge in [-0.2, -0.15) is 5.10 Å². The summed E-state index contributed by atoms with van der Waals surface area (Å²) in [6, 6.07) is 2.37. The van der Waals surface area contributed by atoms with Gasteiger partial charge < -0.3 is 14.8 Å². The molecule has 3 heterocycles. The fourth-order valence-electron chi connectivity index (χ4n) is 3.25. The number of likely N-dealkylation sites (N-methyl/N-ethyl adjacent to an activating group) is 1. The van der Waals surface area contributed by atoms with Gasteiger partial charge in [0, 0.05) is 20.1 Å². The Bertz CT molecular complexity index is 707. The van der Waals surface area contributed by atoms with E-state index >= 15 is 0 Å². The number of anilines is 1. The molecule has 2 aromatic heterocycles. The molecule has 0 saturated carbocycles. The van der Waals surface area contributed by atoms with E-state index in [0.29, 0.717) is 5.69 Å². The SMILES string of the molecule is CN(C(=O)c1cnc[nH]1)C1CN(c2cc3c(nn2)CCCC3)C1. The molecule has 0 unspecified atom stereocenters. The van der Waals surface area contributed by atoms with Gasteiger partial charge in [0.1, 0.15) is 5.69 Å². The average Bonchev–Trinajstić information content (AvgIpc) is 3.07. The molecule has 1 aliphatic carbocycles. The van der Waals surface area contributed by atoms with Crippen molar-refractivity contribution < 1.29 is 4.79 Å². The van der Waals surface area contributed by atoms with Crippen LogP contribution in [0.5, 0.6) is 0 Å². The number of fused-ring (bicyclic) bond motifs is 1. The van der Waals surface area contributed by atoms with Gasteiger partial charge in [0.25, 0.3) is 5.91 Å². The predicted octanol–water partition coefficient (Wildman–Crippen LogP) is 1.04. The smallest absolute Gasteiger partial charge is 0.272 e. The van der Waals surface area contributed by atoms with E-state index in [4.69, 9.17) is 0 Å². The van der Waals surface area contributed by atoms with Crippen LogP contribution in [-0.4, -0.2) is 57.2 Å². The molecule has 0 atom stereocenters. The zero-order valence-corrected chi connectivity index (χ0v) is 13.2. The molecule has 120 valence electrons. The first kappa shape index (κ1) is 14.2. The lowest BCUT2D eigenvalue weighted by Gasteiger charge is -2.44. The molecule has 1 saturated heterocycles. The lowest BCUT2D eigenvalue weighted by atomic mass is 9.96. The van der Waals surface area contributed by atoms with Crippen LogP contribution < -0.4 is 4.90 Å². The van der Waals surface area contributed by atoms with Gasteiger partial charge in [-0.05, 0) is 37.3 Å². The number of carbonyl (C=O) groups is 1. The number of amides is 1. The summed E-state index contributed by atoms with van der Waals surface area (Å²) in [5, 5.41) is 8.74. The molecule has 1 N–H and O–H groups in total. The van der Waals surface area contributed by atoms with Gasteiger partial charge in [-0.25, -0.2) is 4.98 Å². The fraction of sp³-hybridized carbons (Fsp3) is 0.500. The zero-order valence-electron chi connectivity index (χ0n) is 13.2. The Hall–Kier alpha value is -2.44. The number of nitrogens with zero attached hydrogens (tertiary/aromatic N) is 5. The summed E-state index contributed by atoms with van der Waals surface area (Å²) in [5.41, 5.74) is 3.02. The van der Waals surface area contributed by atoms with Gasteiger partial charge in [-0.1, -0.05) is 0 Å². The van der Waals surface area contributed by atoms with Gasteiger partial charge in [0.2, 0.25) is 0 Å². The van der Waals surface area contributed by atoms with Crippen LogP contribution in [0, 0.1) is 0 Å². The maximum absolute atomic E-state index is 12.3. The van der Waals surface area contributed by atoms with Crippen LogP contribution in [0.4, 0.5) is 5.82 Å². The molecule has 4 rings (SSSR count). The van der Waals surface area contributed by atoms with Crippen LogP contribution in [-0.2, 0) is 12.8 Å². The number of carbonyl (C=O) groups excluding carboxylic acids is 1. The first-order valence-electron chi connectivity index (χ1n) is 8.08. The lowest BCUT2D eigenvalue weighted by Crippen LogP contribution is -2.60. The zero-order chi connectivity index (χ0) is 15.8. The van der Waals surface area contributed by atoms with Crippen LogP contribution in [0.15, 0.2) is 18.6 Å². The topological polar surface area (TPSA) is 78.0 Å². The van der Waals surface area contributed by atoms with E-state index in [2.05, 4.69) is 31.1 Å². The maximum atomic E-state index is 12.3. The van der Waals surface area contributed by atoms with E-state index in [0.717, 1.165) is 37.4 Å². The number of aromatic nitrogens is 4. The summed E-state index contributed by atoms with van der Waals surface area (Å²) in [6.45, 7) is 1.59. The molecule has 0 bridgehead atoms. The standard InChI is InChI=1S/C16H20N6O/c1-21(16(23)14-7-17-10-18-14)12-8-22(9-12)15-6-11-4-2-3-5-13(11)19-20-15/h6-7,10,12H,2-5,8-9H2,1H3,(H,17,18). The molecule has 0 radical (unpaired) electrons. The highest BCUT2D eigenvalue weighted by atomic mass is 16.2. The van der Waals surface area contributed by atoms with E-state index in [9.17, 15) is 4.79 Å². The number of imidazole rings is 1. The quantitative estimate of drug-likeness (QED) is 0.916. The third kappa shape index (κ3) is 2.56. The molecular weight excluding hydrogens is 292 g/mol. The third-order valence-electron chi connectivity index (χ3n) is 4.84. The molecule has 1 aliphatic heterocycles. The summed E-state index contributed by atoms with van der Waals surface area (Å²) in [4.78, 5) is 23.0. The molecule has 0 spiro atoms. The van der Waals surface area contributed by atoms with Crippen LogP contribution in [0.2, 0.25) is 0 Å². The van der Waals surface area contributed by atoms with Crippen molar-refractivity contribution in [2.75, 3.05) is 25.0 Å². The fourth-order valence-corrected chi connectivity index (χ4v) is 3.25. The van der Waals surface area contributed by atoms with Crippen LogP contribution in [0.3, 0.4) is 0 Å². The summed E-state index contributed by atoms with van der Waals surface area (Å²) in [5.74, 6) is 0.910. The minimum atomic E-state index is -0.0244.